The number of nitrogens with one attached hydrogen (secondary N) is 2. The molecule has 7 nitrogen and oxygen atoms in total. The van der Waals surface area contributed by atoms with Crippen LogP contribution in [0, 0.1) is 5.82 Å². The second-order valence-electron chi connectivity index (χ2n) is 8.11. The molecule has 0 atom stereocenters. The molecule has 0 unspecified atom stereocenters. The number of hydrogen-bond acceptors (Lipinski definition) is 6. The van der Waals surface area contributed by atoms with Gasteiger partial charge in [0.05, 0.1) is 13.2 Å². The van der Waals surface area contributed by atoms with Crippen molar-refractivity contribution in [3.8, 4) is 11.1 Å². The van der Waals surface area contributed by atoms with Crippen molar-refractivity contribution in [2.24, 2.45) is 0 Å². The molecule has 0 aliphatic carbocycles. The number of halogens is 1. The Hall–Kier alpha value is -4.30. The number of rotatable bonds is 6. The first-order chi connectivity index (χ1) is 17.1. The highest BCUT2D eigenvalue weighted by Crippen LogP contribution is 2.22. The second-order valence-corrected chi connectivity index (χ2v) is 8.11. The SMILES string of the molecule is O=C(Nc1ccc(N2CCOCC2)cc1)c1cccc(Nc2ncc(-c3cccc(F)c3)cn2)c1. The van der Waals surface area contributed by atoms with E-state index in [2.05, 4.69) is 25.5 Å². The first-order valence-corrected chi connectivity index (χ1v) is 11.3. The summed E-state index contributed by atoms with van der Waals surface area (Å²) in [7, 11) is 0. The summed E-state index contributed by atoms with van der Waals surface area (Å²) in [4.78, 5) is 23.7. The smallest absolute Gasteiger partial charge is 0.255 e. The molecule has 8 heteroatoms. The van der Waals surface area contributed by atoms with Crippen LogP contribution in [0.3, 0.4) is 0 Å². The van der Waals surface area contributed by atoms with Crippen LogP contribution in [0.2, 0.25) is 0 Å². The van der Waals surface area contributed by atoms with Crippen LogP contribution in [0.25, 0.3) is 11.1 Å². The zero-order valence-corrected chi connectivity index (χ0v) is 18.9. The fourth-order valence-corrected chi connectivity index (χ4v) is 3.86. The molecule has 0 saturated carbocycles. The largest absolute Gasteiger partial charge is 0.378 e. The Balaban J connectivity index is 1.22. The minimum Gasteiger partial charge on any atom is -0.378 e. The van der Waals surface area contributed by atoms with Crippen LogP contribution in [-0.2, 0) is 4.74 Å². The van der Waals surface area contributed by atoms with Crippen molar-refractivity contribution < 1.29 is 13.9 Å². The van der Waals surface area contributed by atoms with E-state index in [1.807, 2.05) is 30.3 Å². The maximum absolute atomic E-state index is 13.5. The number of nitrogens with zero attached hydrogens (tertiary/aromatic N) is 3. The number of amides is 1. The van der Waals surface area contributed by atoms with Gasteiger partial charge in [-0.05, 0) is 60.2 Å². The van der Waals surface area contributed by atoms with Gasteiger partial charge in [0.1, 0.15) is 5.82 Å². The average molecular weight is 470 g/mol. The number of morpholine rings is 1. The lowest BCUT2D eigenvalue weighted by atomic mass is 10.1. The highest BCUT2D eigenvalue weighted by molar-refractivity contribution is 6.04. The van der Waals surface area contributed by atoms with E-state index in [1.165, 1.54) is 12.1 Å². The van der Waals surface area contributed by atoms with Gasteiger partial charge in [0.15, 0.2) is 0 Å². The van der Waals surface area contributed by atoms with Crippen molar-refractivity contribution in [1.29, 1.82) is 0 Å². The normalized spacial score (nSPS) is 13.3. The van der Waals surface area contributed by atoms with Gasteiger partial charge >= 0.3 is 0 Å². The molecule has 0 spiro atoms. The van der Waals surface area contributed by atoms with E-state index in [9.17, 15) is 9.18 Å². The fourth-order valence-electron chi connectivity index (χ4n) is 3.86. The number of ether oxygens (including phenoxy) is 1. The van der Waals surface area contributed by atoms with E-state index in [0.717, 1.165) is 37.7 Å². The molecule has 5 rings (SSSR count). The second kappa shape index (κ2) is 10.3. The van der Waals surface area contributed by atoms with Crippen LogP contribution in [0.4, 0.5) is 27.4 Å². The minimum atomic E-state index is -0.312. The van der Waals surface area contributed by atoms with E-state index in [0.29, 0.717) is 28.3 Å². The first-order valence-electron chi connectivity index (χ1n) is 11.3. The van der Waals surface area contributed by atoms with E-state index in [1.54, 1.807) is 42.7 Å². The number of carbonyl (C=O) groups is 1. The molecule has 1 fully saturated rings. The van der Waals surface area contributed by atoms with Crippen molar-refractivity contribution in [2.75, 3.05) is 41.8 Å². The lowest BCUT2D eigenvalue weighted by molar-refractivity contribution is 0.102. The lowest BCUT2D eigenvalue weighted by Gasteiger charge is -2.28. The summed E-state index contributed by atoms with van der Waals surface area (Å²) in [6.07, 6.45) is 3.25. The van der Waals surface area contributed by atoms with Crippen molar-refractivity contribution in [1.82, 2.24) is 9.97 Å². The van der Waals surface area contributed by atoms with Gasteiger partial charge in [0.2, 0.25) is 5.95 Å². The molecule has 35 heavy (non-hydrogen) atoms. The molecule has 1 amide bonds. The molecule has 1 aliphatic heterocycles. The number of aromatic nitrogens is 2. The Kier molecular flexibility index (Phi) is 6.63. The van der Waals surface area contributed by atoms with Crippen LogP contribution in [-0.4, -0.2) is 42.2 Å². The zero-order chi connectivity index (χ0) is 24.0. The summed E-state index contributed by atoms with van der Waals surface area (Å²) < 4.78 is 18.9. The predicted octanol–water partition coefficient (Wildman–Crippen LogP) is 5.12. The topological polar surface area (TPSA) is 79.4 Å². The van der Waals surface area contributed by atoms with Gasteiger partial charge in [0.25, 0.3) is 5.91 Å². The van der Waals surface area contributed by atoms with Crippen molar-refractivity contribution in [3.05, 3.63) is 96.6 Å². The van der Waals surface area contributed by atoms with Crippen LogP contribution >= 0.6 is 0 Å². The molecule has 0 radical (unpaired) electrons. The number of benzene rings is 3. The molecule has 3 aromatic carbocycles. The predicted molar refractivity (Wildman–Crippen MR) is 135 cm³/mol. The van der Waals surface area contributed by atoms with E-state index >= 15 is 0 Å². The number of hydrogen-bond donors (Lipinski definition) is 2. The van der Waals surface area contributed by atoms with Crippen molar-refractivity contribution >= 4 is 28.9 Å². The third kappa shape index (κ3) is 5.62. The number of anilines is 4. The Bertz CT molecular complexity index is 1310. The highest BCUT2D eigenvalue weighted by atomic mass is 19.1. The summed E-state index contributed by atoms with van der Waals surface area (Å²) in [6.45, 7) is 3.18. The molecule has 0 bridgehead atoms. The fraction of sp³-hybridized carbons (Fsp3) is 0.148. The zero-order valence-electron chi connectivity index (χ0n) is 18.9. The molecule has 1 aliphatic rings. The molecule has 4 aromatic rings. The van der Waals surface area contributed by atoms with E-state index < -0.39 is 0 Å². The van der Waals surface area contributed by atoms with Gasteiger partial charge in [-0.1, -0.05) is 18.2 Å². The summed E-state index contributed by atoms with van der Waals surface area (Å²) in [5.41, 5.74) is 4.43. The molecule has 176 valence electrons. The Morgan fingerprint density at radius 3 is 2.34 bits per heavy atom. The van der Waals surface area contributed by atoms with Crippen LogP contribution < -0.4 is 15.5 Å². The molecule has 1 aromatic heterocycles. The maximum Gasteiger partial charge on any atom is 0.255 e. The van der Waals surface area contributed by atoms with Gasteiger partial charge in [-0.15, -0.1) is 0 Å². The lowest BCUT2D eigenvalue weighted by Crippen LogP contribution is -2.36. The first kappa shape index (κ1) is 22.5. The summed E-state index contributed by atoms with van der Waals surface area (Å²) in [5, 5.41) is 6.04. The maximum atomic E-state index is 13.5. The van der Waals surface area contributed by atoms with Crippen molar-refractivity contribution in [3.63, 3.8) is 0 Å². The van der Waals surface area contributed by atoms with E-state index in [-0.39, 0.29) is 11.7 Å². The molecular weight excluding hydrogens is 445 g/mol. The number of carbonyl (C=O) groups excluding carboxylic acids is 1. The van der Waals surface area contributed by atoms with Crippen LogP contribution in [0.1, 0.15) is 10.4 Å². The molecule has 1 saturated heterocycles. The highest BCUT2D eigenvalue weighted by Gasteiger charge is 2.12. The monoisotopic (exact) mass is 469 g/mol. The van der Waals surface area contributed by atoms with Gasteiger partial charge in [-0.25, -0.2) is 14.4 Å². The Morgan fingerprint density at radius 2 is 1.60 bits per heavy atom. The van der Waals surface area contributed by atoms with Gasteiger partial charge in [0, 0.05) is 53.7 Å². The van der Waals surface area contributed by atoms with Crippen LogP contribution in [0.5, 0.6) is 0 Å². The molecule has 2 N–H and O–H groups in total. The van der Waals surface area contributed by atoms with Crippen LogP contribution in [0.15, 0.2) is 85.2 Å². The van der Waals surface area contributed by atoms with Gasteiger partial charge in [-0.3, -0.25) is 4.79 Å². The minimum absolute atomic E-state index is 0.213. The van der Waals surface area contributed by atoms with Gasteiger partial charge < -0.3 is 20.3 Å². The Morgan fingerprint density at radius 1 is 0.857 bits per heavy atom. The van der Waals surface area contributed by atoms with E-state index in [4.69, 9.17) is 4.74 Å². The summed E-state index contributed by atoms with van der Waals surface area (Å²) in [5.74, 6) is -0.149. The molecular formula is C27H24FN5O2. The standard InChI is InChI=1S/C27H24FN5O2/c28-22-5-1-3-19(15-22)21-17-29-27(30-18-21)32-24-6-2-4-20(16-24)26(34)31-23-7-9-25(10-8-23)33-11-13-35-14-12-33/h1-10,15-18H,11-14H2,(H,31,34)(H,29,30,32). The average Bonchev–Trinajstić information content (AvgIpc) is 2.90. The Labute approximate surface area is 202 Å². The summed E-state index contributed by atoms with van der Waals surface area (Å²) >= 11 is 0. The van der Waals surface area contributed by atoms with Crippen molar-refractivity contribution in [2.45, 2.75) is 0 Å². The molecule has 2 heterocycles. The van der Waals surface area contributed by atoms with Gasteiger partial charge in [-0.2, -0.15) is 0 Å². The third-order valence-electron chi connectivity index (χ3n) is 5.69. The third-order valence-corrected chi connectivity index (χ3v) is 5.69. The quantitative estimate of drug-likeness (QED) is 0.408. The summed E-state index contributed by atoms with van der Waals surface area (Å²) in [6, 6.07) is 21.2.